The Morgan fingerprint density at radius 1 is 1.21 bits per heavy atom. The molecule has 124 valence electrons. The number of aromatic nitrogens is 2. The van der Waals surface area contributed by atoms with E-state index in [1.54, 1.807) is 0 Å². The van der Waals surface area contributed by atoms with Crippen LogP contribution in [0.3, 0.4) is 0 Å². The van der Waals surface area contributed by atoms with Gasteiger partial charge in [-0.1, -0.05) is 18.2 Å². The fourth-order valence-corrected chi connectivity index (χ4v) is 2.66. The summed E-state index contributed by atoms with van der Waals surface area (Å²) in [6.07, 6.45) is 0. The van der Waals surface area contributed by atoms with Crippen molar-refractivity contribution in [2.24, 2.45) is 5.73 Å². The van der Waals surface area contributed by atoms with E-state index in [0.717, 1.165) is 22.5 Å². The van der Waals surface area contributed by atoms with E-state index in [-0.39, 0.29) is 5.91 Å². The molecular weight excluding hydrogens is 300 g/mol. The molecule has 0 spiro atoms. The molecule has 5 nitrogen and oxygen atoms in total. The third kappa shape index (κ3) is 3.31. The van der Waals surface area contributed by atoms with Gasteiger partial charge in [-0.2, -0.15) is 0 Å². The molecular formula is C19H22N4O. The fraction of sp³-hybridized carbons (Fsp3) is 0.263. The Kier molecular flexibility index (Phi) is 4.11. The van der Waals surface area contributed by atoms with Gasteiger partial charge in [0.1, 0.15) is 5.82 Å². The lowest BCUT2D eigenvalue weighted by molar-refractivity contribution is 0.0946. The number of fused-ring (bicyclic) bond motifs is 1. The minimum Gasteiger partial charge on any atom is -0.350 e. The smallest absolute Gasteiger partial charge is 0.251 e. The van der Waals surface area contributed by atoms with E-state index < -0.39 is 5.54 Å². The lowest BCUT2D eigenvalue weighted by Gasteiger charge is -2.18. The largest absolute Gasteiger partial charge is 0.350 e. The van der Waals surface area contributed by atoms with Gasteiger partial charge < -0.3 is 11.1 Å². The Bertz CT molecular complexity index is 876. The van der Waals surface area contributed by atoms with Crippen LogP contribution >= 0.6 is 0 Å². The highest BCUT2D eigenvalue weighted by Crippen LogP contribution is 2.22. The zero-order valence-electron chi connectivity index (χ0n) is 14.2. The molecule has 1 heterocycles. The summed E-state index contributed by atoms with van der Waals surface area (Å²) < 4.78 is 2.08. The second-order valence-electron chi connectivity index (χ2n) is 6.70. The summed E-state index contributed by atoms with van der Waals surface area (Å²) in [5.74, 6) is 0.749. The standard InChI is InChI=1S/C19H22N4O/c1-13-22-16-11-14(18(24)21-12-19(2,3)20)9-10-17(16)23(13)15-7-5-4-6-8-15/h4-11H,12,20H2,1-3H3,(H,21,24). The summed E-state index contributed by atoms with van der Waals surface area (Å²) in [5.41, 5.74) is 8.90. The van der Waals surface area contributed by atoms with Crippen LogP contribution in [0.25, 0.3) is 16.7 Å². The first-order chi connectivity index (χ1) is 11.3. The van der Waals surface area contributed by atoms with Crippen molar-refractivity contribution in [1.82, 2.24) is 14.9 Å². The van der Waals surface area contributed by atoms with Crippen molar-refractivity contribution in [2.45, 2.75) is 26.3 Å². The summed E-state index contributed by atoms with van der Waals surface area (Å²) in [4.78, 5) is 16.9. The van der Waals surface area contributed by atoms with E-state index in [1.165, 1.54) is 0 Å². The van der Waals surface area contributed by atoms with E-state index in [9.17, 15) is 4.79 Å². The number of hydrogen-bond donors (Lipinski definition) is 2. The molecule has 0 aliphatic rings. The van der Waals surface area contributed by atoms with Crippen LogP contribution in [0, 0.1) is 6.92 Å². The van der Waals surface area contributed by atoms with Crippen molar-refractivity contribution in [3.63, 3.8) is 0 Å². The second-order valence-corrected chi connectivity index (χ2v) is 6.70. The number of benzene rings is 2. The molecule has 3 rings (SSSR count). The van der Waals surface area contributed by atoms with Crippen molar-refractivity contribution in [1.29, 1.82) is 0 Å². The third-order valence-corrected chi connectivity index (χ3v) is 3.80. The molecule has 0 atom stereocenters. The van der Waals surface area contributed by atoms with Gasteiger partial charge in [-0.3, -0.25) is 9.36 Å². The molecule has 3 N–H and O–H groups in total. The van der Waals surface area contributed by atoms with E-state index in [4.69, 9.17) is 5.73 Å². The molecule has 0 saturated carbocycles. The number of hydrogen-bond acceptors (Lipinski definition) is 3. The Morgan fingerprint density at radius 3 is 2.58 bits per heavy atom. The van der Waals surface area contributed by atoms with E-state index in [2.05, 4.69) is 14.9 Å². The molecule has 0 bridgehead atoms. The molecule has 1 aromatic heterocycles. The summed E-state index contributed by atoms with van der Waals surface area (Å²) in [5, 5.41) is 2.86. The normalized spacial score (nSPS) is 11.7. The van der Waals surface area contributed by atoms with E-state index in [0.29, 0.717) is 12.1 Å². The van der Waals surface area contributed by atoms with Crippen molar-refractivity contribution in [3.05, 3.63) is 59.9 Å². The molecule has 5 heteroatoms. The molecule has 3 aromatic rings. The SMILES string of the molecule is Cc1nc2cc(C(=O)NCC(C)(C)N)ccc2n1-c1ccccc1. The Morgan fingerprint density at radius 2 is 1.92 bits per heavy atom. The van der Waals surface area contributed by atoms with Gasteiger partial charge in [-0.25, -0.2) is 4.98 Å². The number of para-hydroxylation sites is 1. The molecule has 2 aromatic carbocycles. The van der Waals surface area contributed by atoms with E-state index in [1.807, 2.05) is 69.3 Å². The van der Waals surface area contributed by atoms with Gasteiger partial charge in [0.2, 0.25) is 0 Å². The van der Waals surface area contributed by atoms with Crippen LogP contribution in [0.2, 0.25) is 0 Å². The second kappa shape index (κ2) is 6.09. The number of carbonyl (C=O) groups excluding carboxylic acids is 1. The minimum atomic E-state index is -0.439. The summed E-state index contributed by atoms with van der Waals surface area (Å²) in [6, 6.07) is 15.6. The zero-order chi connectivity index (χ0) is 17.3. The van der Waals surface area contributed by atoms with Crippen molar-refractivity contribution >= 4 is 16.9 Å². The van der Waals surface area contributed by atoms with Crippen LogP contribution in [0.1, 0.15) is 30.0 Å². The highest BCUT2D eigenvalue weighted by molar-refractivity contribution is 5.97. The van der Waals surface area contributed by atoms with Gasteiger partial charge in [0.15, 0.2) is 0 Å². The summed E-state index contributed by atoms with van der Waals surface area (Å²) in [6.45, 7) is 6.13. The number of nitrogens with one attached hydrogen (secondary N) is 1. The van der Waals surface area contributed by atoms with Gasteiger partial charge in [0.05, 0.1) is 11.0 Å². The molecule has 0 aliphatic carbocycles. The van der Waals surface area contributed by atoms with Gasteiger partial charge >= 0.3 is 0 Å². The third-order valence-electron chi connectivity index (χ3n) is 3.80. The number of rotatable bonds is 4. The maximum absolute atomic E-state index is 12.3. The van der Waals surface area contributed by atoms with Crippen LogP contribution in [0.5, 0.6) is 0 Å². The summed E-state index contributed by atoms with van der Waals surface area (Å²) in [7, 11) is 0. The van der Waals surface area contributed by atoms with Crippen LogP contribution < -0.4 is 11.1 Å². The van der Waals surface area contributed by atoms with Crippen LogP contribution in [0.4, 0.5) is 0 Å². The molecule has 0 saturated heterocycles. The monoisotopic (exact) mass is 322 g/mol. The minimum absolute atomic E-state index is 0.137. The highest BCUT2D eigenvalue weighted by atomic mass is 16.1. The number of nitrogens with zero attached hydrogens (tertiary/aromatic N) is 2. The van der Waals surface area contributed by atoms with E-state index >= 15 is 0 Å². The predicted octanol–water partition coefficient (Wildman–Crippen LogP) is 2.80. The number of carbonyl (C=O) groups is 1. The van der Waals surface area contributed by atoms with Crippen molar-refractivity contribution in [3.8, 4) is 5.69 Å². The topological polar surface area (TPSA) is 72.9 Å². The van der Waals surface area contributed by atoms with Gasteiger partial charge in [0, 0.05) is 23.3 Å². The number of amides is 1. The van der Waals surface area contributed by atoms with Crippen LogP contribution in [-0.2, 0) is 0 Å². The summed E-state index contributed by atoms with van der Waals surface area (Å²) >= 11 is 0. The lowest BCUT2D eigenvalue weighted by Crippen LogP contribution is -2.45. The Labute approximate surface area is 141 Å². The molecule has 0 radical (unpaired) electrons. The molecule has 0 unspecified atom stereocenters. The number of aryl methyl sites for hydroxylation is 1. The van der Waals surface area contributed by atoms with Gasteiger partial charge in [0.25, 0.3) is 5.91 Å². The molecule has 1 amide bonds. The van der Waals surface area contributed by atoms with Crippen LogP contribution in [-0.4, -0.2) is 27.5 Å². The average Bonchev–Trinajstić information content (AvgIpc) is 2.87. The lowest BCUT2D eigenvalue weighted by atomic mass is 10.1. The maximum atomic E-state index is 12.3. The van der Waals surface area contributed by atoms with Gasteiger partial charge in [-0.05, 0) is 51.1 Å². The number of imidazole rings is 1. The molecule has 0 aliphatic heterocycles. The van der Waals surface area contributed by atoms with Crippen molar-refractivity contribution in [2.75, 3.05) is 6.54 Å². The van der Waals surface area contributed by atoms with Crippen LogP contribution in [0.15, 0.2) is 48.5 Å². The maximum Gasteiger partial charge on any atom is 0.251 e. The number of nitrogens with two attached hydrogens (primary N) is 1. The van der Waals surface area contributed by atoms with Gasteiger partial charge in [-0.15, -0.1) is 0 Å². The Hall–Kier alpha value is -2.66. The predicted molar refractivity (Wildman–Crippen MR) is 96.4 cm³/mol. The Balaban J connectivity index is 1.95. The first-order valence-corrected chi connectivity index (χ1v) is 7.97. The first kappa shape index (κ1) is 16.2. The zero-order valence-corrected chi connectivity index (χ0v) is 14.2. The average molecular weight is 322 g/mol. The molecule has 24 heavy (non-hydrogen) atoms. The first-order valence-electron chi connectivity index (χ1n) is 7.97. The molecule has 0 fully saturated rings. The highest BCUT2D eigenvalue weighted by Gasteiger charge is 2.15. The fourth-order valence-electron chi connectivity index (χ4n) is 2.66. The quantitative estimate of drug-likeness (QED) is 0.776. The van der Waals surface area contributed by atoms with Crippen molar-refractivity contribution < 1.29 is 4.79 Å².